The third-order valence-corrected chi connectivity index (χ3v) is 6.75. The Morgan fingerprint density at radius 3 is 2.86 bits per heavy atom. The zero-order chi connectivity index (χ0) is 19.9. The monoisotopic (exact) mass is 398 g/mol. The topological polar surface area (TPSA) is 40.1 Å². The average molecular weight is 399 g/mol. The molecule has 0 saturated carbocycles. The summed E-state index contributed by atoms with van der Waals surface area (Å²) >= 11 is 0. The van der Waals surface area contributed by atoms with Gasteiger partial charge < -0.3 is 19.9 Å². The fourth-order valence-electron chi connectivity index (χ4n) is 5.22. The van der Waals surface area contributed by atoms with Crippen LogP contribution in [0.1, 0.15) is 55.8 Å². The normalized spacial score (nSPS) is 25.4. The molecule has 0 amide bonds. The molecule has 2 fully saturated rings. The van der Waals surface area contributed by atoms with Crippen LogP contribution in [0.3, 0.4) is 0 Å². The van der Waals surface area contributed by atoms with Crippen LogP contribution in [-0.4, -0.2) is 68.7 Å². The minimum Gasteiger partial charge on any atom is -0.373 e. The Bertz CT molecular complexity index is 671. The number of guanidine groups is 1. The number of ether oxygens (including phenoxy) is 1. The average Bonchev–Trinajstić information content (AvgIpc) is 3.43. The maximum absolute atomic E-state index is 6.24. The first-order valence-corrected chi connectivity index (χ1v) is 11.7. The summed E-state index contributed by atoms with van der Waals surface area (Å²) in [6, 6.07) is 8.78. The number of nitrogens with one attached hydrogen (secondary N) is 1. The summed E-state index contributed by atoms with van der Waals surface area (Å²) in [6.07, 6.45) is 8.94. The van der Waals surface area contributed by atoms with E-state index in [-0.39, 0.29) is 6.10 Å². The zero-order valence-electron chi connectivity index (χ0n) is 18.1. The van der Waals surface area contributed by atoms with Crippen molar-refractivity contribution in [2.45, 2.75) is 51.0 Å². The third-order valence-electron chi connectivity index (χ3n) is 6.75. The van der Waals surface area contributed by atoms with Gasteiger partial charge in [0.2, 0.25) is 0 Å². The van der Waals surface area contributed by atoms with Crippen molar-refractivity contribution in [3.63, 3.8) is 0 Å². The molecule has 5 nitrogen and oxygen atoms in total. The lowest BCUT2D eigenvalue weighted by atomic mass is 9.89. The van der Waals surface area contributed by atoms with Crippen LogP contribution in [0.15, 0.2) is 29.3 Å². The lowest BCUT2D eigenvalue weighted by Crippen LogP contribution is -2.41. The summed E-state index contributed by atoms with van der Waals surface area (Å²) in [7, 11) is 1.91. The first-order valence-electron chi connectivity index (χ1n) is 11.7. The molecule has 0 bridgehead atoms. The van der Waals surface area contributed by atoms with Crippen molar-refractivity contribution < 1.29 is 4.74 Å². The van der Waals surface area contributed by atoms with Crippen molar-refractivity contribution >= 4 is 5.96 Å². The van der Waals surface area contributed by atoms with E-state index in [2.05, 4.69) is 44.4 Å². The van der Waals surface area contributed by atoms with E-state index < -0.39 is 0 Å². The number of hydrogen-bond acceptors (Lipinski definition) is 3. The molecule has 2 saturated heterocycles. The van der Waals surface area contributed by atoms with E-state index in [1.54, 1.807) is 0 Å². The number of fused-ring (bicyclic) bond motifs is 1. The Kier molecular flexibility index (Phi) is 7.44. The van der Waals surface area contributed by atoms with Crippen LogP contribution in [0, 0.1) is 5.92 Å². The number of aliphatic imine (C=N–C) groups is 1. The van der Waals surface area contributed by atoms with Crippen molar-refractivity contribution in [3.05, 3.63) is 35.4 Å². The van der Waals surface area contributed by atoms with Crippen molar-refractivity contribution in [2.75, 3.05) is 52.9 Å². The van der Waals surface area contributed by atoms with Gasteiger partial charge in [-0.2, -0.15) is 0 Å². The van der Waals surface area contributed by atoms with Crippen LogP contribution in [-0.2, 0) is 11.2 Å². The lowest BCUT2D eigenvalue weighted by molar-refractivity contribution is 0.0397. The molecule has 0 radical (unpaired) electrons. The molecule has 2 aliphatic heterocycles. The van der Waals surface area contributed by atoms with Gasteiger partial charge in [0.1, 0.15) is 0 Å². The Morgan fingerprint density at radius 2 is 2.00 bits per heavy atom. The molecule has 2 atom stereocenters. The molecule has 160 valence electrons. The van der Waals surface area contributed by atoms with Gasteiger partial charge in [-0.05, 0) is 75.1 Å². The number of benzene rings is 1. The third kappa shape index (κ3) is 5.52. The van der Waals surface area contributed by atoms with Gasteiger partial charge in [0.05, 0.1) is 6.10 Å². The maximum Gasteiger partial charge on any atom is 0.193 e. The highest BCUT2D eigenvalue weighted by Crippen LogP contribution is 2.32. The second kappa shape index (κ2) is 10.4. The summed E-state index contributed by atoms with van der Waals surface area (Å²) in [5, 5.41) is 3.56. The van der Waals surface area contributed by atoms with E-state index in [0.717, 1.165) is 51.0 Å². The highest BCUT2D eigenvalue weighted by Gasteiger charge is 2.27. The van der Waals surface area contributed by atoms with Crippen molar-refractivity contribution in [3.8, 4) is 0 Å². The van der Waals surface area contributed by atoms with Crippen LogP contribution in [0.5, 0.6) is 0 Å². The highest BCUT2D eigenvalue weighted by molar-refractivity contribution is 5.80. The van der Waals surface area contributed by atoms with E-state index in [1.165, 1.54) is 62.9 Å². The molecule has 0 spiro atoms. The largest absolute Gasteiger partial charge is 0.373 e. The molecule has 1 aromatic rings. The van der Waals surface area contributed by atoms with Gasteiger partial charge in [-0.25, -0.2) is 0 Å². The van der Waals surface area contributed by atoms with Crippen molar-refractivity contribution in [2.24, 2.45) is 10.9 Å². The van der Waals surface area contributed by atoms with Gasteiger partial charge in [0, 0.05) is 39.8 Å². The van der Waals surface area contributed by atoms with Crippen LogP contribution in [0.4, 0.5) is 0 Å². The molecule has 2 unspecified atom stereocenters. The van der Waals surface area contributed by atoms with Gasteiger partial charge in [-0.3, -0.25) is 4.99 Å². The smallest absolute Gasteiger partial charge is 0.193 e. The fourth-order valence-corrected chi connectivity index (χ4v) is 5.22. The number of likely N-dealkylation sites (tertiary alicyclic amines) is 2. The second-order valence-corrected chi connectivity index (χ2v) is 8.89. The van der Waals surface area contributed by atoms with Crippen LogP contribution < -0.4 is 5.32 Å². The molecule has 2 heterocycles. The minimum atomic E-state index is 0.282. The number of aryl methyl sites for hydroxylation is 1. The van der Waals surface area contributed by atoms with Gasteiger partial charge in [-0.15, -0.1) is 0 Å². The molecular formula is C24H38N4O. The van der Waals surface area contributed by atoms with E-state index in [0.29, 0.717) is 0 Å². The van der Waals surface area contributed by atoms with E-state index in [4.69, 9.17) is 4.74 Å². The molecule has 1 aliphatic carbocycles. The maximum atomic E-state index is 6.24. The molecule has 3 aliphatic rings. The minimum absolute atomic E-state index is 0.282. The van der Waals surface area contributed by atoms with Gasteiger partial charge in [0.15, 0.2) is 5.96 Å². The quantitative estimate of drug-likeness (QED) is 0.434. The first kappa shape index (κ1) is 20.7. The van der Waals surface area contributed by atoms with E-state index in [9.17, 15) is 0 Å². The SMILES string of the molecule is CN=C(NCCCOC1CCCc2ccccc21)N1CCC(CN2CCCC2)C1. The fraction of sp³-hybridized carbons (Fsp3) is 0.708. The summed E-state index contributed by atoms with van der Waals surface area (Å²) in [5.74, 6) is 1.86. The van der Waals surface area contributed by atoms with Crippen LogP contribution >= 0.6 is 0 Å². The molecule has 0 aromatic heterocycles. The van der Waals surface area contributed by atoms with Gasteiger partial charge in [-0.1, -0.05) is 24.3 Å². The Morgan fingerprint density at radius 1 is 1.14 bits per heavy atom. The zero-order valence-corrected chi connectivity index (χ0v) is 18.1. The molecule has 29 heavy (non-hydrogen) atoms. The summed E-state index contributed by atoms with van der Waals surface area (Å²) in [6.45, 7) is 7.88. The standard InChI is InChI=1S/C24H38N4O/c1-25-24(28-16-12-20(19-28)18-27-14-4-5-15-27)26-13-7-17-29-23-11-6-9-21-8-2-3-10-22(21)23/h2-3,8,10,20,23H,4-7,9,11-19H2,1H3,(H,25,26). The van der Waals surface area contributed by atoms with Crippen molar-refractivity contribution in [1.29, 1.82) is 0 Å². The predicted molar refractivity (Wildman–Crippen MR) is 119 cm³/mol. The van der Waals surface area contributed by atoms with Gasteiger partial charge >= 0.3 is 0 Å². The number of rotatable bonds is 7. The summed E-state index contributed by atoms with van der Waals surface area (Å²) in [4.78, 5) is 9.62. The Labute approximate surface area is 176 Å². The molecule has 1 aromatic carbocycles. The summed E-state index contributed by atoms with van der Waals surface area (Å²) in [5.41, 5.74) is 2.88. The Balaban J connectivity index is 1.15. The van der Waals surface area contributed by atoms with Crippen molar-refractivity contribution in [1.82, 2.24) is 15.1 Å². The predicted octanol–water partition coefficient (Wildman–Crippen LogP) is 3.46. The van der Waals surface area contributed by atoms with Crippen LogP contribution in [0.25, 0.3) is 0 Å². The molecular weight excluding hydrogens is 360 g/mol. The van der Waals surface area contributed by atoms with Crippen LogP contribution in [0.2, 0.25) is 0 Å². The molecule has 5 heteroatoms. The Hall–Kier alpha value is -1.59. The second-order valence-electron chi connectivity index (χ2n) is 8.89. The first-order chi connectivity index (χ1) is 14.3. The summed E-state index contributed by atoms with van der Waals surface area (Å²) < 4.78 is 6.24. The molecule has 1 N–H and O–H groups in total. The van der Waals surface area contributed by atoms with Gasteiger partial charge in [0.25, 0.3) is 0 Å². The molecule has 4 rings (SSSR count). The number of nitrogens with zero attached hydrogens (tertiary/aromatic N) is 3. The van der Waals surface area contributed by atoms with E-state index >= 15 is 0 Å². The highest BCUT2D eigenvalue weighted by atomic mass is 16.5. The lowest BCUT2D eigenvalue weighted by Gasteiger charge is -2.26. The number of hydrogen-bond donors (Lipinski definition) is 1. The van der Waals surface area contributed by atoms with E-state index in [1.807, 2.05) is 7.05 Å².